The number of nitrogens with one attached hydrogen (secondary N) is 1. The topological polar surface area (TPSA) is 45.2 Å². The third kappa shape index (κ3) is 5.57. The summed E-state index contributed by atoms with van der Waals surface area (Å²) < 4.78 is 0. The van der Waals surface area contributed by atoms with E-state index in [-0.39, 0.29) is 11.8 Å². The lowest BCUT2D eigenvalue weighted by Gasteiger charge is -2.11. The molecule has 0 aliphatic heterocycles. The average molecular weight is 284 g/mol. The van der Waals surface area contributed by atoms with Gasteiger partial charge in [-0.3, -0.25) is 4.79 Å². The maximum absolute atomic E-state index is 12.0. The van der Waals surface area contributed by atoms with E-state index in [0.717, 1.165) is 18.7 Å². The zero-order valence-corrected chi connectivity index (χ0v) is 12.8. The van der Waals surface area contributed by atoms with Crippen molar-refractivity contribution in [1.29, 1.82) is 0 Å². The molecule has 4 nitrogen and oxygen atoms in total. The SMILES string of the molecule is CC(C)c1cc(C(=O)NCCCN(C)C)cc(Cl)n1. The monoisotopic (exact) mass is 283 g/mol. The molecule has 1 rings (SSSR count). The second-order valence-electron chi connectivity index (χ2n) is 5.17. The van der Waals surface area contributed by atoms with Crippen molar-refractivity contribution in [3.8, 4) is 0 Å². The Morgan fingerprint density at radius 3 is 2.68 bits per heavy atom. The molecule has 5 heteroatoms. The standard InChI is InChI=1S/C14H22ClN3O/c1-10(2)12-8-11(9-13(15)17-12)14(19)16-6-5-7-18(3)4/h8-10H,5-7H2,1-4H3,(H,16,19). The molecular formula is C14H22ClN3O. The van der Waals surface area contributed by atoms with E-state index in [1.165, 1.54) is 0 Å². The minimum atomic E-state index is -0.0926. The van der Waals surface area contributed by atoms with Gasteiger partial charge < -0.3 is 10.2 Å². The largest absolute Gasteiger partial charge is 0.352 e. The molecule has 0 atom stereocenters. The number of hydrogen-bond acceptors (Lipinski definition) is 3. The van der Waals surface area contributed by atoms with Gasteiger partial charge in [0, 0.05) is 17.8 Å². The van der Waals surface area contributed by atoms with Gasteiger partial charge in [0.2, 0.25) is 0 Å². The molecule has 19 heavy (non-hydrogen) atoms. The third-order valence-electron chi connectivity index (χ3n) is 2.74. The molecule has 1 amide bonds. The van der Waals surface area contributed by atoms with Crippen LogP contribution in [0.25, 0.3) is 0 Å². The van der Waals surface area contributed by atoms with Crippen LogP contribution in [0.4, 0.5) is 0 Å². The Bertz CT molecular complexity index is 433. The van der Waals surface area contributed by atoms with Gasteiger partial charge in [-0.1, -0.05) is 25.4 Å². The van der Waals surface area contributed by atoms with Crippen LogP contribution in [0.5, 0.6) is 0 Å². The minimum absolute atomic E-state index is 0.0926. The molecule has 1 N–H and O–H groups in total. The van der Waals surface area contributed by atoms with Gasteiger partial charge >= 0.3 is 0 Å². The molecule has 1 heterocycles. The fraction of sp³-hybridized carbons (Fsp3) is 0.571. The van der Waals surface area contributed by atoms with Crippen LogP contribution in [-0.2, 0) is 0 Å². The predicted octanol–water partition coefficient (Wildman–Crippen LogP) is 2.54. The van der Waals surface area contributed by atoms with E-state index in [2.05, 4.69) is 15.2 Å². The molecule has 0 saturated carbocycles. The van der Waals surface area contributed by atoms with E-state index < -0.39 is 0 Å². The van der Waals surface area contributed by atoms with E-state index >= 15 is 0 Å². The summed E-state index contributed by atoms with van der Waals surface area (Å²) >= 11 is 5.94. The van der Waals surface area contributed by atoms with Crippen LogP contribution in [0.2, 0.25) is 5.15 Å². The Hall–Kier alpha value is -1.13. The number of carbonyl (C=O) groups excluding carboxylic acids is 1. The molecule has 0 saturated heterocycles. The van der Waals surface area contributed by atoms with E-state index in [0.29, 0.717) is 17.3 Å². The molecule has 0 aromatic carbocycles. The van der Waals surface area contributed by atoms with Gasteiger partial charge in [-0.25, -0.2) is 4.98 Å². The van der Waals surface area contributed by atoms with Crippen LogP contribution in [0, 0.1) is 0 Å². The van der Waals surface area contributed by atoms with Gasteiger partial charge in [0.1, 0.15) is 5.15 Å². The Kier molecular flexibility index (Phi) is 6.25. The summed E-state index contributed by atoms with van der Waals surface area (Å²) in [5.41, 5.74) is 1.42. The lowest BCUT2D eigenvalue weighted by Crippen LogP contribution is -2.27. The second-order valence-corrected chi connectivity index (χ2v) is 5.56. The number of nitrogens with zero attached hydrogens (tertiary/aromatic N) is 2. The Labute approximate surface area is 120 Å². The number of rotatable bonds is 6. The quantitative estimate of drug-likeness (QED) is 0.645. The summed E-state index contributed by atoms with van der Waals surface area (Å²) in [5.74, 6) is 0.156. The lowest BCUT2D eigenvalue weighted by molar-refractivity contribution is 0.0952. The summed E-state index contributed by atoms with van der Waals surface area (Å²) in [5, 5.41) is 3.26. The maximum atomic E-state index is 12.0. The van der Waals surface area contributed by atoms with Crippen LogP contribution in [0.3, 0.4) is 0 Å². The van der Waals surface area contributed by atoms with Gasteiger partial charge in [0.05, 0.1) is 0 Å². The van der Waals surface area contributed by atoms with Gasteiger partial charge in [-0.2, -0.15) is 0 Å². The Morgan fingerprint density at radius 1 is 1.42 bits per heavy atom. The number of hydrogen-bond donors (Lipinski definition) is 1. The Balaban J connectivity index is 2.61. The van der Waals surface area contributed by atoms with E-state index in [4.69, 9.17) is 11.6 Å². The van der Waals surface area contributed by atoms with E-state index in [9.17, 15) is 4.79 Å². The zero-order valence-electron chi connectivity index (χ0n) is 12.0. The average Bonchev–Trinajstić information content (AvgIpc) is 2.33. The van der Waals surface area contributed by atoms with Crippen LogP contribution >= 0.6 is 11.6 Å². The maximum Gasteiger partial charge on any atom is 0.251 e. The molecule has 0 radical (unpaired) electrons. The molecule has 0 bridgehead atoms. The molecule has 0 aliphatic carbocycles. The minimum Gasteiger partial charge on any atom is -0.352 e. The molecule has 0 aliphatic rings. The number of aromatic nitrogens is 1. The smallest absolute Gasteiger partial charge is 0.251 e. The van der Waals surface area contributed by atoms with Crippen LogP contribution in [-0.4, -0.2) is 43.0 Å². The molecule has 0 unspecified atom stereocenters. The van der Waals surface area contributed by atoms with Crippen molar-refractivity contribution in [3.05, 3.63) is 28.5 Å². The first-order chi connectivity index (χ1) is 8.90. The van der Waals surface area contributed by atoms with E-state index in [1.54, 1.807) is 12.1 Å². The Morgan fingerprint density at radius 2 is 2.11 bits per heavy atom. The summed E-state index contributed by atoms with van der Waals surface area (Å²) in [6.45, 7) is 5.66. The van der Waals surface area contributed by atoms with Gasteiger partial charge in [-0.15, -0.1) is 0 Å². The van der Waals surface area contributed by atoms with Crippen molar-refractivity contribution < 1.29 is 4.79 Å². The summed E-state index contributed by atoms with van der Waals surface area (Å²) in [7, 11) is 4.03. The highest BCUT2D eigenvalue weighted by Crippen LogP contribution is 2.17. The molecule has 0 spiro atoms. The normalized spacial score (nSPS) is 11.1. The van der Waals surface area contributed by atoms with E-state index in [1.807, 2.05) is 27.9 Å². The predicted molar refractivity (Wildman–Crippen MR) is 78.8 cm³/mol. The number of halogens is 1. The second kappa shape index (κ2) is 7.46. The first-order valence-corrected chi connectivity index (χ1v) is 6.88. The third-order valence-corrected chi connectivity index (χ3v) is 2.93. The van der Waals surface area contributed by atoms with Gasteiger partial charge in [0.15, 0.2) is 0 Å². The number of carbonyl (C=O) groups is 1. The van der Waals surface area contributed by atoms with Crippen LogP contribution in [0.15, 0.2) is 12.1 Å². The molecular weight excluding hydrogens is 262 g/mol. The molecule has 106 valence electrons. The summed E-state index contributed by atoms with van der Waals surface area (Å²) in [4.78, 5) is 18.3. The van der Waals surface area contributed by atoms with Crippen molar-refractivity contribution in [2.24, 2.45) is 0 Å². The number of amides is 1. The highest BCUT2D eigenvalue weighted by atomic mass is 35.5. The van der Waals surface area contributed by atoms with Gasteiger partial charge in [-0.05, 0) is 45.1 Å². The van der Waals surface area contributed by atoms with Crippen LogP contribution < -0.4 is 5.32 Å². The molecule has 1 aromatic rings. The van der Waals surface area contributed by atoms with Gasteiger partial charge in [0.25, 0.3) is 5.91 Å². The van der Waals surface area contributed by atoms with Crippen molar-refractivity contribution >= 4 is 17.5 Å². The highest BCUT2D eigenvalue weighted by Gasteiger charge is 2.10. The highest BCUT2D eigenvalue weighted by molar-refractivity contribution is 6.29. The van der Waals surface area contributed by atoms with Crippen molar-refractivity contribution in [3.63, 3.8) is 0 Å². The first-order valence-electron chi connectivity index (χ1n) is 6.50. The number of pyridine rings is 1. The lowest BCUT2D eigenvalue weighted by atomic mass is 10.1. The summed E-state index contributed by atoms with van der Waals surface area (Å²) in [6.07, 6.45) is 0.925. The fourth-order valence-corrected chi connectivity index (χ4v) is 1.86. The van der Waals surface area contributed by atoms with Crippen molar-refractivity contribution in [1.82, 2.24) is 15.2 Å². The molecule has 0 fully saturated rings. The fourth-order valence-electron chi connectivity index (χ4n) is 1.64. The van der Waals surface area contributed by atoms with Crippen molar-refractivity contribution in [2.45, 2.75) is 26.2 Å². The molecule has 1 aromatic heterocycles. The zero-order chi connectivity index (χ0) is 14.4. The summed E-state index contributed by atoms with van der Waals surface area (Å²) in [6, 6.07) is 3.41. The first kappa shape index (κ1) is 15.9. The van der Waals surface area contributed by atoms with Crippen LogP contribution in [0.1, 0.15) is 42.2 Å². The van der Waals surface area contributed by atoms with Crippen molar-refractivity contribution in [2.75, 3.05) is 27.2 Å².